The van der Waals surface area contributed by atoms with Gasteiger partial charge in [-0.1, -0.05) is 134 Å². The summed E-state index contributed by atoms with van der Waals surface area (Å²) in [6.45, 7) is 48.8. The molecule has 0 aromatic rings. The van der Waals surface area contributed by atoms with Crippen LogP contribution >= 0.6 is 15.7 Å². The van der Waals surface area contributed by atoms with E-state index in [1.807, 2.05) is 15.7 Å². The van der Waals surface area contributed by atoms with E-state index >= 15 is 0 Å². The van der Waals surface area contributed by atoms with E-state index in [1.165, 1.54) is 0 Å². The van der Waals surface area contributed by atoms with Crippen LogP contribution in [0, 0.1) is 0 Å². The van der Waals surface area contributed by atoms with E-state index in [9.17, 15) is 0 Å². The third kappa shape index (κ3) is 5.10. The van der Waals surface area contributed by atoms with E-state index < -0.39 is 48.4 Å². The van der Waals surface area contributed by atoms with Gasteiger partial charge in [-0.3, -0.25) is 0 Å². The summed E-state index contributed by atoms with van der Waals surface area (Å²) >= 11 is 0. The molecular formula is C20H54P2Si6. The van der Waals surface area contributed by atoms with Crippen LogP contribution < -0.4 is 0 Å². The topological polar surface area (TPSA) is 0 Å². The van der Waals surface area contributed by atoms with Crippen molar-refractivity contribution < 1.29 is 0 Å². The Morgan fingerprint density at radius 2 is 0.393 bits per heavy atom. The van der Waals surface area contributed by atoms with E-state index in [4.69, 9.17) is 0 Å². The molecule has 0 atom stereocenters. The summed E-state index contributed by atoms with van der Waals surface area (Å²) in [6.07, 6.45) is 0. The molecule has 0 radical (unpaired) electrons. The molecule has 0 saturated heterocycles. The molecule has 0 aliphatic heterocycles. The van der Waals surface area contributed by atoms with Gasteiger partial charge < -0.3 is 0 Å². The van der Waals surface area contributed by atoms with Gasteiger partial charge in [0.1, 0.15) is 0 Å². The Morgan fingerprint density at radius 3 is 0.464 bits per heavy atom. The summed E-state index contributed by atoms with van der Waals surface area (Å²) in [5, 5.41) is 0. The van der Waals surface area contributed by atoms with E-state index in [1.54, 1.807) is 0 Å². The van der Waals surface area contributed by atoms with Crippen LogP contribution in [0.2, 0.25) is 118 Å². The molecule has 28 heavy (non-hydrogen) atoms. The maximum Gasteiger partial charge on any atom is 0.0546 e. The van der Waals surface area contributed by atoms with Gasteiger partial charge in [-0.25, -0.2) is 0 Å². The molecule has 0 rings (SSSR count). The smallest absolute Gasteiger partial charge is 0.0546 e. The fourth-order valence-corrected chi connectivity index (χ4v) is 89.1. The molecule has 0 nitrogen and oxygen atoms in total. The summed E-state index contributed by atoms with van der Waals surface area (Å²) in [7, 11) is -4.29. The molecule has 8 heteroatoms. The molecule has 0 fully saturated rings. The van der Waals surface area contributed by atoms with E-state index in [2.05, 4.69) is 118 Å². The standard InChI is InChI=1S/C20H54P2Si6/c1-23(2,3)19(24(4,5)6,25(7,8)9)21-22-20(26(10,11)12,27(13,14)15)28(16,17)18/h1-18H3. The van der Waals surface area contributed by atoms with Gasteiger partial charge >= 0.3 is 0 Å². The molecule has 0 bridgehead atoms. The lowest BCUT2D eigenvalue weighted by atomic mass is 11.6. The van der Waals surface area contributed by atoms with Crippen LogP contribution in [-0.2, 0) is 0 Å². The van der Waals surface area contributed by atoms with Crippen LogP contribution in [0.3, 0.4) is 0 Å². The Morgan fingerprint density at radius 1 is 0.286 bits per heavy atom. The lowest BCUT2D eigenvalue weighted by Gasteiger charge is -2.60. The third-order valence-corrected chi connectivity index (χ3v) is 67.2. The molecule has 0 saturated carbocycles. The van der Waals surface area contributed by atoms with Crippen molar-refractivity contribution in [2.45, 2.75) is 126 Å². The molecule has 0 heterocycles. The Bertz CT molecular complexity index is 449. The minimum atomic E-state index is -1.33. The highest BCUT2D eigenvalue weighted by Crippen LogP contribution is 2.59. The van der Waals surface area contributed by atoms with E-state index in [-0.39, 0.29) is 0 Å². The maximum absolute atomic E-state index is 2.71. The maximum atomic E-state index is 2.71. The van der Waals surface area contributed by atoms with E-state index in [0.717, 1.165) is 0 Å². The van der Waals surface area contributed by atoms with Crippen LogP contribution in [0.15, 0.2) is 0 Å². The molecular weight excluding hydrogens is 471 g/mol. The van der Waals surface area contributed by atoms with Crippen molar-refractivity contribution in [2.24, 2.45) is 0 Å². The third-order valence-electron chi connectivity index (χ3n) is 6.86. The van der Waals surface area contributed by atoms with Crippen molar-refractivity contribution in [3.8, 4) is 0 Å². The van der Waals surface area contributed by atoms with Gasteiger partial charge in [-0.05, 0) is 0 Å². The highest BCUT2D eigenvalue weighted by atomic mass is 31.7. The average molecular weight is 525 g/mol. The van der Waals surface area contributed by atoms with Gasteiger partial charge in [0.25, 0.3) is 0 Å². The zero-order chi connectivity index (χ0) is 23.4. The van der Waals surface area contributed by atoms with Crippen molar-refractivity contribution in [3.63, 3.8) is 0 Å². The minimum absolute atomic E-state index is 0.665. The van der Waals surface area contributed by atoms with Gasteiger partial charge in [0.15, 0.2) is 0 Å². The van der Waals surface area contributed by atoms with Gasteiger partial charge in [0, 0.05) is 8.05 Å². The molecule has 0 aromatic carbocycles. The average Bonchev–Trinajstić information content (AvgIpc) is 2.23. The van der Waals surface area contributed by atoms with Crippen LogP contribution in [-0.4, -0.2) is 56.5 Å². The first-order valence-corrected chi connectivity index (χ1v) is 34.6. The summed E-state index contributed by atoms with van der Waals surface area (Å²) in [5.41, 5.74) is 0. The number of rotatable bonds is 8. The fraction of sp³-hybridized carbons (Fsp3) is 1.00. The first-order valence-electron chi connectivity index (χ1n) is 11.1. The monoisotopic (exact) mass is 524 g/mol. The highest BCUT2D eigenvalue weighted by Gasteiger charge is 2.62. The first kappa shape index (κ1) is 29.9. The van der Waals surface area contributed by atoms with Crippen LogP contribution in [0.5, 0.6) is 0 Å². The largest absolute Gasteiger partial charge is 0.0788 e. The molecule has 0 aliphatic carbocycles. The van der Waals surface area contributed by atoms with Gasteiger partial charge in [0.2, 0.25) is 0 Å². The molecule has 0 amide bonds. The normalized spacial score (nSPS) is 16.8. The number of hydrogen-bond acceptors (Lipinski definition) is 0. The fourth-order valence-electron chi connectivity index (χ4n) is 7.80. The summed E-state index contributed by atoms with van der Waals surface area (Å²) in [4.78, 5) is 0. The lowest BCUT2D eigenvalue weighted by molar-refractivity contribution is 1.27. The zero-order valence-corrected chi connectivity index (χ0v) is 30.7. The molecule has 0 N–H and O–H groups in total. The molecule has 0 aromatic heterocycles. The Hall–Kier alpha value is 1.90. The van der Waals surface area contributed by atoms with Gasteiger partial charge in [-0.2, -0.15) is 0 Å². The Kier molecular flexibility index (Phi) is 8.92. The molecule has 168 valence electrons. The second kappa shape index (κ2) is 8.35. The van der Waals surface area contributed by atoms with Crippen LogP contribution in [0.1, 0.15) is 0 Å². The molecule has 0 unspecified atom stereocenters. The summed E-state index contributed by atoms with van der Waals surface area (Å²) < 4.78 is 1.33. The second-order valence-corrected chi connectivity index (χ2v) is 55.1. The van der Waals surface area contributed by atoms with Crippen molar-refractivity contribution >= 4 is 64.2 Å². The second-order valence-electron chi connectivity index (χ2n) is 15.1. The van der Waals surface area contributed by atoms with Crippen molar-refractivity contribution in [3.05, 3.63) is 0 Å². The van der Waals surface area contributed by atoms with Crippen molar-refractivity contribution in [2.75, 3.05) is 0 Å². The Labute approximate surface area is 189 Å². The zero-order valence-electron chi connectivity index (χ0n) is 22.9. The van der Waals surface area contributed by atoms with Crippen LogP contribution in [0.4, 0.5) is 0 Å². The predicted octanol–water partition coefficient (Wildman–Crippen LogP) is 9.54. The lowest BCUT2D eigenvalue weighted by Crippen LogP contribution is -2.75. The molecule has 0 spiro atoms. The van der Waals surface area contributed by atoms with E-state index in [0.29, 0.717) is 8.05 Å². The Balaban J connectivity index is 7.39. The molecule has 0 aliphatic rings. The SMILES string of the molecule is C[Si](C)(C)C(P=PC([Si](C)(C)C)([Si](C)(C)C)[Si](C)(C)C)([Si](C)(C)C)[Si](C)(C)C. The summed E-state index contributed by atoms with van der Waals surface area (Å²) in [6, 6.07) is 0. The number of hydrogen-bond donors (Lipinski definition) is 0. The quantitative estimate of drug-likeness (QED) is 0.219. The summed E-state index contributed by atoms with van der Waals surface area (Å²) in [5.74, 6) is 0. The van der Waals surface area contributed by atoms with Gasteiger partial charge in [-0.15, -0.1) is 0 Å². The van der Waals surface area contributed by atoms with Crippen molar-refractivity contribution in [1.82, 2.24) is 0 Å². The van der Waals surface area contributed by atoms with Gasteiger partial charge in [0.05, 0.1) is 48.4 Å². The van der Waals surface area contributed by atoms with Crippen molar-refractivity contribution in [1.29, 1.82) is 0 Å². The minimum Gasteiger partial charge on any atom is -0.0788 e. The first-order chi connectivity index (χ1) is 11.7. The highest BCUT2D eigenvalue weighted by molar-refractivity contribution is 7.93. The predicted molar refractivity (Wildman–Crippen MR) is 159 cm³/mol. The van der Waals surface area contributed by atoms with Crippen LogP contribution in [0.25, 0.3) is 0 Å².